The summed E-state index contributed by atoms with van der Waals surface area (Å²) in [5, 5.41) is 0. The Morgan fingerprint density at radius 2 is 2.00 bits per heavy atom. The van der Waals surface area contributed by atoms with Gasteiger partial charge >= 0.3 is 0 Å². The number of halogens is 1. The van der Waals surface area contributed by atoms with Gasteiger partial charge in [-0.15, -0.1) is 31.5 Å². The van der Waals surface area contributed by atoms with E-state index in [0.717, 1.165) is 23.4 Å². The van der Waals surface area contributed by atoms with Gasteiger partial charge in [-0.1, -0.05) is 19.9 Å². The minimum Gasteiger partial charge on any atom is -0.114 e. The predicted octanol–water partition coefficient (Wildman–Crippen LogP) is 5.47. The summed E-state index contributed by atoms with van der Waals surface area (Å²) in [7, 11) is 0.351. The van der Waals surface area contributed by atoms with Crippen LogP contribution < -0.4 is 0 Å². The lowest BCUT2D eigenvalue weighted by Gasteiger charge is -2.47. The molecule has 0 aromatic rings. The van der Waals surface area contributed by atoms with Gasteiger partial charge in [-0.25, -0.2) is 0 Å². The SMILES string of the molecule is Br.C=CCCCP1CC(C)[C@@H]2CC[C@H](C)[C@H]1C2. The second kappa shape index (κ2) is 7.29. The third-order valence-electron chi connectivity index (χ3n) is 4.84. The van der Waals surface area contributed by atoms with E-state index in [0.29, 0.717) is 7.92 Å². The highest BCUT2D eigenvalue weighted by molar-refractivity contribution is 8.93. The molecule has 0 nitrogen and oxygen atoms in total. The highest BCUT2D eigenvalue weighted by Crippen LogP contribution is 2.58. The fraction of sp³-hybridized carbons (Fsp3) is 0.867. The molecule has 2 aliphatic rings. The first kappa shape index (κ1) is 15.7. The molecule has 1 saturated heterocycles. The van der Waals surface area contributed by atoms with Crippen molar-refractivity contribution in [1.29, 1.82) is 0 Å². The topological polar surface area (TPSA) is 0 Å². The fourth-order valence-corrected chi connectivity index (χ4v) is 7.56. The Balaban J connectivity index is 0.00000144. The molecule has 0 aromatic heterocycles. The van der Waals surface area contributed by atoms with Crippen molar-refractivity contribution in [1.82, 2.24) is 0 Å². The van der Waals surface area contributed by atoms with Crippen molar-refractivity contribution < 1.29 is 0 Å². The van der Waals surface area contributed by atoms with E-state index in [9.17, 15) is 0 Å². The van der Waals surface area contributed by atoms with Crippen LogP contribution in [-0.4, -0.2) is 18.0 Å². The van der Waals surface area contributed by atoms with E-state index in [1.165, 1.54) is 31.8 Å². The monoisotopic (exact) mass is 318 g/mol. The summed E-state index contributed by atoms with van der Waals surface area (Å²) < 4.78 is 0. The summed E-state index contributed by atoms with van der Waals surface area (Å²) in [5.74, 6) is 3.14. The van der Waals surface area contributed by atoms with Gasteiger partial charge in [0.15, 0.2) is 0 Å². The van der Waals surface area contributed by atoms with Gasteiger partial charge in [-0.3, -0.25) is 0 Å². The van der Waals surface area contributed by atoms with E-state index in [4.69, 9.17) is 0 Å². The van der Waals surface area contributed by atoms with Gasteiger partial charge in [-0.2, -0.15) is 0 Å². The average Bonchev–Trinajstić information content (AvgIpc) is 2.28. The van der Waals surface area contributed by atoms with Crippen molar-refractivity contribution in [2.45, 2.75) is 51.6 Å². The predicted molar refractivity (Wildman–Crippen MR) is 85.9 cm³/mol. The van der Waals surface area contributed by atoms with Crippen molar-refractivity contribution in [2.24, 2.45) is 17.8 Å². The molecule has 1 aliphatic carbocycles. The summed E-state index contributed by atoms with van der Waals surface area (Å²) in [6.45, 7) is 8.87. The zero-order chi connectivity index (χ0) is 11.5. The van der Waals surface area contributed by atoms with Crippen LogP contribution in [-0.2, 0) is 0 Å². The van der Waals surface area contributed by atoms with Crippen molar-refractivity contribution in [2.75, 3.05) is 12.3 Å². The molecule has 2 bridgehead atoms. The summed E-state index contributed by atoms with van der Waals surface area (Å²) in [6, 6.07) is 0. The lowest BCUT2D eigenvalue weighted by Crippen LogP contribution is -2.37. The molecule has 1 heterocycles. The van der Waals surface area contributed by atoms with Crippen molar-refractivity contribution in [3.63, 3.8) is 0 Å². The molecule has 2 heteroatoms. The fourth-order valence-electron chi connectivity index (χ4n) is 3.71. The Morgan fingerprint density at radius 1 is 1.24 bits per heavy atom. The maximum atomic E-state index is 3.84. The molecule has 0 N–H and O–H groups in total. The molecule has 2 rings (SSSR count). The van der Waals surface area contributed by atoms with Crippen LogP contribution in [0.25, 0.3) is 0 Å². The van der Waals surface area contributed by atoms with Crippen molar-refractivity contribution in [3.8, 4) is 0 Å². The van der Waals surface area contributed by atoms with E-state index in [1.54, 1.807) is 12.6 Å². The molecule has 2 unspecified atom stereocenters. The molecule has 0 aromatic carbocycles. The van der Waals surface area contributed by atoms with Crippen molar-refractivity contribution in [3.05, 3.63) is 12.7 Å². The van der Waals surface area contributed by atoms with E-state index in [-0.39, 0.29) is 17.0 Å². The molecule has 5 atom stereocenters. The van der Waals surface area contributed by atoms with Gasteiger partial charge in [0.2, 0.25) is 0 Å². The third-order valence-corrected chi connectivity index (χ3v) is 8.44. The molecule has 100 valence electrons. The standard InChI is InChI=1S/C15H27P.BrH/c1-4-5-6-9-16-11-13(3)14-8-7-12(2)15(16)10-14;/h4,12-15H,1,5-11H2,2-3H3;1H/t12-,13?,14+,15+,16?;/m0./s1. The number of unbranched alkanes of at least 4 members (excludes halogenated alkanes) is 1. The zero-order valence-electron chi connectivity index (χ0n) is 11.4. The van der Waals surface area contributed by atoms with Gasteiger partial charge in [0.1, 0.15) is 0 Å². The molecular formula is C15H28BrP. The van der Waals surface area contributed by atoms with Crippen LogP contribution in [0.3, 0.4) is 0 Å². The smallest absolute Gasteiger partial charge is 0.0181 e. The number of hydrogen-bond acceptors (Lipinski definition) is 0. The summed E-state index contributed by atoms with van der Waals surface area (Å²) in [6.07, 6.45) is 12.4. The van der Waals surface area contributed by atoms with Gasteiger partial charge in [-0.05, 0) is 67.8 Å². The average molecular weight is 319 g/mol. The maximum Gasteiger partial charge on any atom is -0.0181 e. The molecule has 0 spiro atoms. The summed E-state index contributed by atoms with van der Waals surface area (Å²) >= 11 is 0. The first-order valence-electron chi connectivity index (χ1n) is 7.07. The van der Waals surface area contributed by atoms with E-state index < -0.39 is 0 Å². The minimum atomic E-state index is 0. The Labute approximate surface area is 119 Å². The highest BCUT2D eigenvalue weighted by Gasteiger charge is 2.39. The Kier molecular flexibility index (Phi) is 6.74. The minimum absolute atomic E-state index is 0. The summed E-state index contributed by atoms with van der Waals surface area (Å²) in [4.78, 5) is 0. The number of hydrogen-bond donors (Lipinski definition) is 0. The Morgan fingerprint density at radius 3 is 2.71 bits per heavy atom. The zero-order valence-corrected chi connectivity index (χ0v) is 14.0. The van der Waals surface area contributed by atoms with Crippen LogP contribution in [0.5, 0.6) is 0 Å². The lowest BCUT2D eigenvalue weighted by molar-refractivity contribution is 0.226. The van der Waals surface area contributed by atoms with Crippen LogP contribution in [0.15, 0.2) is 12.7 Å². The van der Waals surface area contributed by atoms with E-state index in [1.807, 2.05) is 0 Å². The van der Waals surface area contributed by atoms with Gasteiger partial charge in [0.05, 0.1) is 0 Å². The molecule has 1 saturated carbocycles. The van der Waals surface area contributed by atoms with Crippen molar-refractivity contribution >= 4 is 24.9 Å². The molecule has 1 aliphatic heterocycles. The van der Waals surface area contributed by atoms with Crippen LogP contribution in [0.4, 0.5) is 0 Å². The van der Waals surface area contributed by atoms with Gasteiger partial charge in [0.25, 0.3) is 0 Å². The third kappa shape index (κ3) is 3.80. The normalized spacial score (nSPS) is 40.5. The molecular weight excluding hydrogens is 291 g/mol. The summed E-state index contributed by atoms with van der Waals surface area (Å²) in [5.41, 5.74) is 1.12. The number of fused-ring (bicyclic) bond motifs is 2. The van der Waals surface area contributed by atoms with E-state index in [2.05, 4.69) is 26.5 Å². The first-order chi connectivity index (χ1) is 7.72. The second-order valence-electron chi connectivity index (χ2n) is 6.02. The van der Waals surface area contributed by atoms with Crippen LogP contribution >= 0.6 is 24.9 Å². The van der Waals surface area contributed by atoms with E-state index >= 15 is 0 Å². The number of rotatable bonds is 4. The van der Waals surface area contributed by atoms with Crippen LogP contribution in [0.1, 0.15) is 46.0 Å². The van der Waals surface area contributed by atoms with Crippen LogP contribution in [0, 0.1) is 17.8 Å². The largest absolute Gasteiger partial charge is 0.114 e. The second-order valence-corrected chi connectivity index (χ2v) is 8.67. The molecule has 0 amide bonds. The highest BCUT2D eigenvalue weighted by atomic mass is 79.9. The molecule has 0 radical (unpaired) electrons. The maximum absolute atomic E-state index is 3.84. The lowest BCUT2D eigenvalue weighted by atomic mass is 9.76. The Bertz CT molecular complexity index is 241. The molecule has 17 heavy (non-hydrogen) atoms. The quantitative estimate of drug-likeness (QED) is 0.366. The van der Waals surface area contributed by atoms with Crippen LogP contribution in [0.2, 0.25) is 0 Å². The molecule has 2 fully saturated rings. The Hall–Kier alpha value is 0.650. The van der Waals surface area contributed by atoms with Gasteiger partial charge < -0.3 is 0 Å². The number of allylic oxidation sites excluding steroid dienone is 1. The van der Waals surface area contributed by atoms with Gasteiger partial charge in [0, 0.05) is 0 Å². The first-order valence-corrected chi connectivity index (χ1v) is 8.85.